The number of nitrogens with two attached hydrogens (primary N) is 1. The molecule has 17 heavy (non-hydrogen) atoms. The van der Waals surface area contributed by atoms with Crippen molar-refractivity contribution < 1.29 is 5.48 Å². The molecule has 0 aromatic heterocycles. The van der Waals surface area contributed by atoms with Gasteiger partial charge in [-0.05, 0) is 13.0 Å². The first-order valence-corrected chi connectivity index (χ1v) is 7.53. The highest BCUT2D eigenvalue weighted by Crippen LogP contribution is 2.09. The topological polar surface area (TPSA) is 57.5 Å². The van der Waals surface area contributed by atoms with Crippen LogP contribution in [0.1, 0.15) is 91.4 Å². The van der Waals surface area contributed by atoms with Crippen LogP contribution < -0.4 is 5.73 Å². The quantitative estimate of drug-likeness (QED) is 0.569. The highest BCUT2D eigenvalue weighted by Gasteiger charge is 1.90. The minimum Gasteiger partial charge on any atom is -0.412 e. The lowest BCUT2D eigenvalue weighted by molar-refractivity contribution is 0.562. The minimum atomic E-state index is 0. The largest absolute Gasteiger partial charge is 0.412 e. The molecular weight excluding hydrogens is 210 g/mol. The second-order valence-electron chi connectivity index (χ2n) is 4.62. The van der Waals surface area contributed by atoms with Crippen molar-refractivity contribution in [1.82, 2.24) is 0 Å². The van der Waals surface area contributed by atoms with Crippen LogP contribution in [0.4, 0.5) is 0 Å². The fourth-order valence-corrected chi connectivity index (χ4v) is 1.56. The van der Waals surface area contributed by atoms with Gasteiger partial charge in [-0.3, -0.25) is 0 Å². The van der Waals surface area contributed by atoms with Crippen LogP contribution >= 0.6 is 0 Å². The van der Waals surface area contributed by atoms with Crippen LogP contribution in [0, 0.1) is 0 Å². The normalized spacial score (nSPS) is 9.18. The zero-order valence-corrected chi connectivity index (χ0v) is 12.6. The van der Waals surface area contributed by atoms with Crippen LogP contribution in [0.2, 0.25) is 0 Å². The molecule has 0 saturated carbocycles. The Morgan fingerprint density at radius 3 is 0.941 bits per heavy atom. The summed E-state index contributed by atoms with van der Waals surface area (Å²) in [5.74, 6) is 0. The molecule has 0 aliphatic rings. The fraction of sp³-hybridized carbons (Fsp3) is 1.00. The van der Waals surface area contributed by atoms with Crippen LogP contribution in [-0.4, -0.2) is 12.0 Å². The fourth-order valence-electron chi connectivity index (χ4n) is 1.56. The van der Waals surface area contributed by atoms with E-state index in [1.54, 1.807) is 0 Å². The van der Waals surface area contributed by atoms with Gasteiger partial charge in [-0.2, -0.15) is 0 Å². The van der Waals surface area contributed by atoms with E-state index in [1.165, 1.54) is 64.2 Å². The van der Waals surface area contributed by atoms with Gasteiger partial charge in [-0.15, -0.1) is 0 Å². The van der Waals surface area contributed by atoms with Crippen molar-refractivity contribution in [2.24, 2.45) is 5.73 Å². The Balaban J connectivity index is -0.000000340. The Hall–Kier alpha value is -0.0800. The summed E-state index contributed by atoms with van der Waals surface area (Å²) in [7, 11) is 0. The molecule has 0 rings (SSSR count). The second kappa shape index (κ2) is 24.9. The van der Waals surface area contributed by atoms with Gasteiger partial charge in [-0.25, -0.2) is 0 Å². The van der Waals surface area contributed by atoms with Crippen LogP contribution in [0.5, 0.6) is 0 Å². The summed E-state index contributed by atoms with van der Waals surface area (Å²) in [4.78, 5) is 0. The lowest BCUT2D eigenvalue weighted by Crippen LogP contribution is -1.93. The first kappa shape index (κ1) is 22.1. The Labute approximate surface area is 110 Å². The summed E-state index contributed by atoms with van der Waals surface area (Å²) in [6, 6.07) is 0. The highest BCUT2D eigenvalue weighted by molar-refractivity contribution is 4.45. The van der Waals surface area contributed by atoms with Gasteiger partial charge in [0, 0.05) is 0 Å². The summed E-state index contributed by atoms with van der Waals surface area (Å²) < 4.78 is 0. The van der Waals surface area contributed by atoms with E-state index >= 15 is 0 Å². The maximum absolute atomic E-state index is 5.03. The molecule has 0 bridgehead atoms. The van der Waals surface area contributed by atoms with Crippen molar-refractivity contribution in [2.75, 3.05) is 6.54 Å². The molecule has 2 nitrogen and oxygen atoms in total. The van der Waals surface area contributed by atoms with Crippen molar-refractivity contribution in [3.05, 3.63) is 0 Å². The highest BCUT2D eigenvalue weighted by atomic mass is 16.0. The molecule has 0 aromatic rings. The summed E-state index contributed by atoms with van der Waals surface area (Å²) in [5.41, 5.74) is 5.03. The molecule has 0 radical (unpaired) electrons. The minimum absolute atomic E-state index is 0. The predicted molar refractivity (Wildman–Crippen MR) is 80.5 cm³/mol. The molecule has 0 fully saturated rings. The molecule has 2 heteroatoms. The van der Waals surface area contributed by atoms with Crippen LogP contribution in [0.3, 0.4) is 0 Å². The third-order valence-electron chi connectivity index (χ3n) is 2.75. The molecule has 0 atom stereocenters. The monoisotopic (exact) mass is 247 g/mol. The Bertz CT molecular complexity index is 84.9. The molecule has 0 aliphatic carbocycles. The van der Waals surface area contributed by atoms with Gasteiger partial charge in [-0.1, -0.05) is 85.0 Å². The molecule has 108 valence electrons. The SMILES string of the molecule is CCCCCCCCCCCC.CCCN.O. The van der Waals surface area contributed by atoms with E-state index in [1.807, 2.05) is 0 Å². The lowest BCUT2D eigenvalue weighted by Gasteiger charge is -1.99. The van der Waals surface area contributed by atoms with E-state index in [4.69, 9.17) is 5.73 Å². The van der Waals surface area contributed by atoms with Gasteiger partial charge in [0.05, 0.1) is 0 Å². The zero-order chi connectivity index (χ0) is 12.5. The Morgan fingerprint density at radius 1 is 0.529 bits per heavy atom. The van der Waals surface area contributed by atoms with Crippen molar-refractivity contribution >= 4 is 0 Å². The van der Waals surface area contributed by atoms with Gasteiger partial charge in [0.2, 0.25) is 0 Å². The molecule has 0 spiro atoms. The van der Waals surface area contributed by atoms with E-state index in [0.717, 1.165) is 13.0 Å². The third-order valence-corrected chi connectivity index (χ3v) is 2.75. The van der Waals surface area contributed by atoms with Crippen LogP contribution in [0.15, 0.2) is 0 Å². The average molecular weight is 247 g/mol. The van der Waals surface area contributed by atoms with Gasteiger partial charge < -0.3 is 11.2 Å². The first-order chi connectivity index (χ1) is 7.83. The molecule has 0 aromatic carbocycles. The van der Waals surface area contributed by atoms with Crippen LogP contribution in [0.25, 0.3) is 0 Å². The number of hydrogen-bond donors (Lipinski definition) is 1. The molecule has 4 N–H and O–H groups in total. The van der Waals surface area contributed by atoms with Crippen molar-refractivity contribution in [2.45, 2.75) is 91.4 Å². The third kappa shape index (κ3) is 31.3. The maximum Gasteiger partial charge on any atom is -0.00799 e. The summed E-state index contributed by atoms with van der Waals surface area (Å²) in [5, 5.41) is 0. The van der Waals surface area contributed by atoms with Gasteiger partial charge in [0.1, 0.15) is 0 Å². The number of hydrogen-bond acceptors (Lipinski definition) is 1. The van der Waals surface area contributed by atoms with E-state index < -0.39 is 0 Å². The van der Waals surface area contributed by atoms with E-state index in [2.05, 4.69) is 20.8 Å². The number of unbranched alkanes of at least 4 members (excludes halogenated alkanes) is 9. The van der Waals surface area contributed by atoms with Crippen molar-refractivity contribution in [1.29, 1.82) is 0 Å². The Morgan fingerprint density at radius 2 is 0.765 bits per heavy atom. The van der Waals surface area contributed by atoms with E-state index in [-0.39, 0.29) is 5.48 Å². The van der Waals surface area contributed by atoms with Crippen molar-refractivity contribution in [3.63, 3.8) is 0 Å². The summed E-state index contributed by atoms with van der Waals surface area (Å²) >= 11 is 0. The van der Waals surface area contributed by atoms with E-state index in [0.29, 0.717) is 0 Å². The van der Waals surface area contributed by atoms with Gasteiger partial charge in [0.15, 0.2) is 0 Å². The average Bonchev–Trinajstić information content (AvgIpc) is 2.33. The molecule has 0 amide bonds. The zero-order valence-electron chi connectivity index (χ0n) is 12.6. The number of rotatable bonds is 10. The van der Waals surface area contributed by atoms with E-state index in [9.17, 15) is 0 Å². The van der Waals surface area contributed by atoms with Gasteiger partial charge in [0.25, 0.3) is 0 Å². The maximum atomic E-state index is 5.03. The van der Waals surface area contributed by atoms with Gasteiger partial charge >= 0.3 is 0 Å². The molecule has 0 heterocycles. The summed E-state index contributed by atoms with van der Waals surface area (Å²) in [6.45, 7) is 7.43. The standard InChI is InChI=1S/C12H26.C3H9N.H2O/c1-3-5-7-9-11-12-10-8-6-4-2;1-2-3-4;/h3-12H2,1-2H3;2-4H2,1H3;1H2. The smallest absolute Gasteiger partial charge is 0.00799 e. The lowest BCUT2D eigenvalue weighted by atomic mass is 10.1. The molecular formula is C15H37NO. The summed E-state index contributed by atoms with van der Waals surface area (Å²) in [6.07, 6.45) is 15.5. The van der Waals surface area contributed by atoms with Crippen molar-refractivity contribution in [3.8, 4) is 0 Å². The molecule has 0 saturated heterocycles. The Kier molecular flexibility index (Phi) is 32.5. The predicted octanol–water partition coefficient (Wildman–Crippen LogP) is 4.46. The molecule has 0 aliphatic heterocycles. The van der Waals surface area contributed by atoms with Crippen LogP contribution in [-0.2, 0) is 0 Å². The first-order valence-electron chi connectivity index (χ1n) is 7.53. The second-order valence-corrected chi connectivity index (χ2v) is 4.62. The molecule has 0 unspecified atom stereocenters.